The maximum absolute atomic E-state index is 9.65. The summed E-state index contributed by atoms with van der Waals surface area (Å²) in [5.74, 6) is 2.01. The van der Waals surface area contributed by atoms with Crippen molar-refractivity contribution in [2.45, 2.75) is 58.4 Å². The highest BCUT2D eigenvalue weighted by atomic mass is 16.5. The number of nitrogens with zero attached hydrogens (tertiary/aromatic N) is 2. The van der Waals surface area contributed by atoms with Crippen molar-refractivity contribution in [3.63, 3.8) is 0 Å². The molecule has 0 aliphatic heterocycles. The van der Waals surface area contributed by atoms with E-state index in [1.54, 1.807) is 0 Å². The van der Waals surface area contributed by atoms with Gasteiger partial charge < -0.3 is 4.74 Å². The number of nitrogens with one attached hydrogen (secondary N) is 1. The smallest absolute Gasteiger partial charge is 0.230 e. The minimum absolute atomic E-state index is 0.239. The molecule has 1 aromatic heterocycles. The number of aromatic nitrogens is 1. The van der Waals surface area contributed by atoms with Gasteiger partial charge in [0.05, 0.1) is 11.6 Å². The van der Waals surface area contributed by atoms with Crippen molar-refractivity contribution < 1.29 is 9.94 Å². The van der Waals surface area contributed by atoms with Crippen LogP contribution in [0.25, 0.3) is 0 Å². The van der Waals surface area contributed by atoms with Gasteiger partial charge in [0.2, 0.25) is 5.88 Å². The molecule has 2 aromatic rings. The summed E-state index contributed by atoms with van der Waals surface area (Å²) in [7, 11) is 0. The Balaban J connectivity index is 1.94. The van der Waals surface area contributed by atoms with Gasteiger partial charge in [-0.2, -0.15) is 0 Å². The van der Waals surface area contributed by atoms with E-state index < -0.39 is 0 Å². The van der Waals surface area contributed by atoms with E-state index in [-0.39, 0.29) is 6.04 Å². The summed E-state index contributed by atoms with van der Waals surface area (Å²) < 4.78 is 6.09. The average molecular weight is 353 g/mol. The first-order valence-corrected chi connectivity index (χ1v) is 9.30. The van der Waals surface area contributed by atoms with Crippen molar-refractivity contribution >= 4 is 5.84 Å². The third-order valence-electron chi connectivity index (χ3n) is 4.74. The second-order valence-corrected chi connectivity index (χ2v) is 7.16. The Bertz CT molecular complexity index is 781. The molecule has 5 nitrogen and oxygen atoms in total. The molecule has 0 unspecified atom stereocenters. The van der Waals surface area contributed by atoms with Crippen LogP contribution in [0.15, 0.2) is 41.4 Å². The summed E-state index contributed by atoms with van der Waals surface area (Å²) in [6.45, 7) is 6.22. The van der Waals surface area contributed by atoms with Crippen molar-refractivity contribution in [1.82, 2.24) is 10.5 Å². The van der Waals surface area contributed by atoms with Crippen LogP contribution in [-0.2, 0) is 0 Å². The Kier molecular flexibility index (Phi) is 5.89. The van der Waals surface area contributed by atoms with E-state index in [4.69, 9.17) is 4.74 Å². The van der Waals surface area contributed by atoms with E-state index >= 15 is 0 Å². The minimum atomic E-state index is 0.239. The van der Waals surface area contributed by atoms with Gasteiger partial charge in [-0.25, -0.2) is 4.98 Å². The zero-order valence-electron chi connectivity index (χ0n) is 15.7. The van der Waals surface area contributed by atoms with Gasteiger partial charge in [0, 0.05) is 5.69 Å². The maximum atomic E-state index is 9.65. The van der Waals surface area contributed by atoms with Crippen molar-refractivity contribution in [3.8, 4) is 11.6 Å². The Hall–Kier alpha value is -2.40. The van der Waals surface area contributed by atoms with Gasteiger partial charge in [0.15, 0.2) is 5.84 Å². The normalized spacial score (nSPS) is 15.5. The number of ether oxygens (including phenoxy) is 1. The fraction of sp³-hybridized carbons (Fsp3) is 0.429. The summed E-state index contributed by atoms with van der Waals surface area (Å²) >= 11 is 0. The molecule has 5 heteroatoms. The number of aryl methyl sites for hydroxylation is 1. The van der Waals surface area contributed by atoms with Crippen LogP contribution in [0.3, 0.4) is 0 Å². The van der Waals surface area contributed by atoms with Gasteiger partial charge in [-0.05, 0) is 55.5 Å². The fourth-order valence-corrected chi connectivity index (χ4v) is 3.21. The lowest BCUT2D eigenvalue weighted by Gasteiger charge is -2.15. The van der Waals surface area contributed by atoms with E-state index in [1.807, 2.05) is 37.3 Å². The van der Waals surface area contributed by atoms with Crippen molar-refractivity contribution in [1.29, 1.82) is 0 Å². The molecule has 0 saturated heterocycles. The highest BCUT2D eigenvalue weighted by Crippen LogP contribution is 2.28. The number of hydrogen-bond donors (Lipinski definition) is 2. The van der Waals surface area contributed by atoms with Crippen molar-refractivity contribution in [2.24, 2.45) is 4.99 Å². The van der Waals surface area contributed by atoms with Crippen LogP contribution in [0.5, 0.6) is 11.6 Å². The molecule has 0 spiro atoms. The van der Waals surface area contributed by atoms with Gasteiger partial charge in [-0.3, -0.25) is 15.7 Å². The summed E-state index contributed by atoms with van der Waals surface area (Å²) in [6.07, 6.45) is 4.48. The van der Waals surface area contributed by atoms with Gasteiger partial charge in [0.25, 0.3) is 0 Å². The summed E-state index contributed by atoms with van der Waals surface area (Å²) in [5, 5.41) is 9.65. The van der Waals surface area contributed by atoms with E-state index in [2.05, 4.69) is 35.4 Å². The largest absolute Gasteiger partial charge is 0.438 e. The number of aliphatic imine (C=N–C) groups is 1. The number of pyridine rings is 1. The van der Waals surface area contributed by atoms with Crippen molar-refractivity contribution in [2.75, 3.05) is 0 Å². The lowest BCUT2D eigenvalue weighted by molar-refractivity contribution is 0.233. The predicted octanol–water partition coefficient (Wildman–Crippen LogP) is 4.97. The quantitative estimate of drug-likeness (QED) is 0.452. The molecule has 1 fully saturated rings. The fourth-order valence-electron chi connectivity index (χ4n) is 3.21. The first-order valence-electron chi connectivity index (χ1n) is 9.30. The number of rotatable bonds is 5. The minimum Gasteiger partial charge on any atom is -0.438 e. The monoisotopic (exact) mass is 353 g/mol. The van der Waals surface area contributed by atoms with E-state index in [0.717, 1.165) is 24.3 Å². The molecular formula is C21H27N3O2. The molecule has 0 atom stereocenters. The van der Waals surface area contributed by atoms with E-state index in [0.29, 0.717) is 23.2 Å². The molecule has 3 rings (SSSR count). The molecular weight excluding hydrogens is 326 g/mol. The van der Waals surface area contributed by atoms with Gasteiger partial charge in [-0.15, -0.1) is 0 Å². The number of hydroxylamine groups is 1. The number of hydrogen-bond acceptors (Lipinski definition) is 4. The number of benzene rings is 1. The van der Waals surface area contributed by atoms with E-state index in [9.17, 15) is 5.21 Å². The van der Waals surface area contributed by atoms with Crippen LogP contribution in [-0.4, -0.2) is 22.1 Å². The molecule has 0 bridgehead atoms. The average Bonchev–Trinajstić information content (AvgIpc) is 3.13. The second-order valence-electron chi connectivity index (χ2n) is 7.16. The maximum Gasteiger partial charge on any atom is 0.230 e. The Morgan fingerprint density at radius 3 is 2.69 bits per heavy atom. The Labute approximate surface area is 155 Å². The lowest BCUT2D eigenvalue weighted by atomic mass is 10.0. The van der Waals surface area contributed by atoms with E-state index in [1.165, 1.54) is 18.4 Å². The zero-order valence-corrected chi connectivity index (χ0v) is 15.7. The zero-order chi connectivity index (χ0) is 18.5. The molecule has 0 amide bonds. The predicted molar refractivity (Wildman–Crippen MR) is 103 cm³/mol. The first kappa shape index (κ1) is 18.4. The standard InChI is InChI=1S/C21H27N3O2/c1-14(2)16-7-6-10-18(13-16)26-21-19(12-11-15(3)22-21)20(24-25)23-17-8-4-5-9-17/h6-7,10-14,17,25H,4-5,8-9H2,1-3H3,(H,23,24). The summed E-state index contributed by atoms with van der Waals surface area (Å²) in [6, 6.07) is 12.0. The molecule has 26 heavy (non-hydrogen) atoms. The highest BCUT2D eigenvalue weighted by Gasteiger charge is 2.18. The summed E-state index contributed by atoms with van der Waals surface area (Å²) in [5.41, 5.74) is 4.97. The van der Waals surface area contributed by atoms with Crippen LogP contribution < -0.4 is 10.2 Å². The van der Waals surface area contributed by atoms with Crippen LogP contribution in [0, 0.1) is 6.92 Å². The van der Waals surface area contributed by atoms with Crippen LogP contribution in [0.4, 0.5) is 0 Å². The first-order chi connectivity index (χ1) is 12.6. The third kappa shape index (κ3) is 4.41. The van der Waals surface area contributed by atoms with Crippen LogP contribution in [0.1, 0.15) is 62.3 Å². The van der Waals surface area contributed by atoms with Crippen LogP contribution >= 0.6 is 0 Å². The Morgan fingerprint density at radius 2 is 2.00 bits per heavy atom. The SMILES string of the molecule is Cc1ccc(C(=NC2CCCC2)NO)c(Oc2cccc(C(C)C)c2)n1. The molecule has 0 radical (unpaired) electrons. The lowest BCUT2D eigenvalue weighted by Crippen LogP contribution is -2.23. The molecule has 138 valence electrons. The van der Waals surface area contributed by atoms with Crippen molar-refractivity contribution in [3.05, 3.63) is 53.2 Å². The third-order valence-corrected chi connectivity index (χ3v) is 4.74. The molecule has 1 aliphatic rings. The summed E-state index contributed by atoms with van der Waals surface area (Å²) in [4.78, 5) is 9.21. The van der Waals surface area contributed by atoms with Gasteiger partial charge >= 0.3 is 0 Å². The number of amidine groups is 1. The van der Waals surface area contributed by atoms with Crippen LogP contribution in [0.2, 0.25) is 0 Å². The highest BCUT2D eigenvalue weighted by molar-refractivity contribution is 6.00. The molecule has 2 N–H and O–H groups in total. The Morgan fingerprint density at radius 1 is 1.23 bits per heavy atom. The van der Waals surface area contributed by atoms with Gasteiger partial charge in [0.1, 0.15) is 5.75 Å². The second kappa shape index (κ2) is 8.32. The molecule has 1 aliphatic carbocycles. The van der Waals surface area contributed by atoms with Gasteiger partial charge in [-0.1, -0.05) is 38.8 Å². The molecule has 1 aromatic carbocycles. The topological polar surface area (TPSA) is 66.7 Å². The molecule has 1 saturated carbocycles. The molecule has 1 heterocycles.